The van der Waals surface area contributed by atoms with Crippen LogP contribution in [0.5, 0.6) is 11.5 Å². The van der Waals surface area contributed by atoms with Gasteiger partial charge in [-0.05, 0) is 42.8 Å². The zero-order chi connectivity index (χ0) is 18.1. The maximum Gasteiger partial charge on any atom is 0.343 e. The standard InChI is InChI=1S/C20H20O5/c1-3-19(21)24-14-6-13-23-17-11-9-16(10-12-17)20(22)25-18-8-5-4-7-15(18)2/h3-5,7-12H,1,6,13-14H2,2H3. The van der Waals surface area contributed by atoms with Crippen molar-refractivity contribution in [1.29, 1.82) is 0 Å². The summed E-state index contributed by atoms with van der Waals surface area (Å²) in [6.07, 6.45) is 1.69. The molecule has 0 aliphatic heterocycles. The second-order valence-corrected chi connectivity index (χ2v) is 5.25. The minimum absolute atomic E-state index is 0.270. The van der Waals surface area contributed by atoms with Crippen molar-refractivity contribution in [3.8, 4) is 11.5 Å². The normalized spacial score (nSPS) is 9.96. The van der Waals surface area contributed by atoms with Crippen molar-refractivity contribution < 1.29 is 23.8 Å². The monoisotopic (exact) mass is 340 g/mol. The van der Waals surface area contributed by atoms with Gasteiger partial charge in [0.1, 0.15) is 11.5 Å². The molecule has 0 spiro atoms. The summed E-state index contributed by atoms with van der Waals surface area (Å²) in [5.74, 6) is 0.304. The molecule has 0 saturated carbocycles. The molecule has 2 rings (SSSR count). The van der Waals surface area contributed by atoms with E-state index in [2.05, 4.69) is 6.58 Å². The van der Waals surface area contributed by atoms with E-state index < -0.39 is 11.9 Å². The maximum absolute atomic E-state index is 12.1. The maximum atomic E-state index is 12.1. The van der Waals surface area contributed by atoms with E-state index in [1.807, 2.05) is 25.1 Å². The van der Waals surface area contributed by atoms with Crippen molar-refractivity contribution in [2.75, 3.05) is 13.2 Å². The summed E-state index contributed by atoms with van der Waals surface area (Å²) in [6.45, 7) is 5.87. The van der Waals surface area contributed by atoms with Crippen LogP contribution in [0, 0.1) is 6.92 Å². The van der Waals surface area contributed by atoms with Gasteiger partial charge < -0.3 is 14.2 Å². The minimum atomic E-state index is -0.448. The number of ether oxygens (including phenoxy) is 3. The Kier molecular flexibility index (Phi) is 6.77. The molecule has 130 valence electrons. The lowest BCUT2D eigenvalue weighted by atomic mass is 10.2. The Morgan fingerprint density at radius 2 is 1.76 bits per heavy atom. The smallest absolute Gasteiger partial charge is 0.343 e. The van der Waals surface area contributed by atoms with Crippen molar-refractivity contribution in [1.82, 2.24) is 0 Å². The minimum Gasteiger partial charge on any atom is -0.493 e. The number of rotatable bonds is 8. The summed E-state index contributed by atoms with van der Waals surface area (Å²) in [5, 5.41) is 0. The molecule has 0 aromatic heterocycles. The highest BCUT2D eigenvalue weighted by molar-refractivity contribution is 5.91. The Bertz CT molecular complexity index is 734. The summed E-state index contributed by atoms with van der Waals surface area (Å²) < 4.78 is 15.8. The van der Waals surface area contributed by atoms with Gasteiger partial charge in [0.15, 0.2) is 0 Å². The molecule has 2 aromatic rings. The summed E-state index contributed by atoms with van der Waals surface area (Å²) in [6, 6.07) is 14.0. The van der Waals surface area contributed by atoms with E-state index in [9.17, 15) is 9.59 Å². The van der Waals surface area contributed by atoms with Crippen molar-refractivity contribution in [3.05, 3.63) is 72.3 Å². The number of carbonyl (C=O) groups excluding carboxylic acids is 2. The van der Waals surface area contributed by atoms with Gasteiger partial charge in [0.2, 0.25) is 0 Å². The number of hydrogen-bond donors (Lipinski definition) is 0. The highest BCUT2D eigenvalue weighted by Crippen LogP contribution is 2.19. The zero-order valence-electron chi connectivity index (χ0n) is 14.1. The Labute approximate surface area is 146 Å². The average molecular weight is 340 g/mol. The van der Waals surface area contributed by atoms with Crippen LogP contribution in [0.15, 0.2) is 61.2 Å². The van der Waals surface area contributed by atoms with Crippen LogP contribution in [-0.2, 0) is 9.53 Å². The van der Waals surface area contributed by atoms with Crippen LogP contribution in [-0.4, -0.2) is 25.2 Å². The molecule has 0 fully saturated rings. The number of esters is 2. The second kappa shape index (κ2) is 9.27. The van der Waals surface area contributed by atoms with Crippen LogP contribution in [0.4, 0.5) is 0 Å². The van der Waals surface area contributed by atoms with Crippen LogP contribution in [0.25, 0.3) is 0 Å². The van der Waals surface area contributed by atoms with Gasteiger partial charge in [0.05, 0.1) is 18.8 Å². The van der Waals surface area contributed by atoms with Gasteiger partial charge in [-0.3, -0.25) is 0 Å². The first-order valence-corrected chi connectivity index (χ1v) is 7.90. The highest BCUT2D eigenvalue weighted by Gasteiger charge is 2.10. The lowest BCUT2D eigenvalue weighted by molar-refractivity contribution is -0.137. The molecule has 0 radical (unpaired) electrons. The van der Waals surface area contributed by atoms with Crippen LogP contribution >= 0.6 is 0 Å². The molecule has 0 unspecified atom stereocenters. The number of benzene rings is 2. The molecule has 2 aromatic carbocycles. The van der Waals surface area contributed by atoms with Crippen molar-refractivity contribution in [2.45, 2.75) is 13.3 Å². The van der Waals surface area contributed by atoms with E-state index in [0.29, 0.717) is 30.1 Å². The van der Waals surface area contributed by atoms with Crippen LogP contribution < -0.4 is 9.47 Å². The molecule has 5 heteroatoms. The third-order valence-corrected chi connectivity index (χ3v) is 3.35. The summed E-state index contributed by atoms with van der Waals surface area (Å²) >= 11 is 0. The molecule has 0 saturated heterocycles. The van der Waals surface area contributed by atoms with E-state index in [1.54, 1.807) is 30.3 Å². The number of para-hydroxylation sites is 1. The Morgan fingerprint density at radius 1 is 1.04 bits per heavy atom. The molecule has 0 atom stereocenters. The molecule has 5 nitrogen and oxygen atoms in total. The molecule has 0 heterocycles. The number of carbonyl (C=O) groups is 2. The van der Waals surface area contributed by atoms with Gasteiger partial charge in [-0.15, -0.1) is 0 Å². The summed E-state index contributed by atoms with van der Waals surface area (Å²) in [5.41, 5.74) is 1.34. The third kappa shape index (κ3) is 5.80. The Balaban J connectivity index is 1.81. The van der Waals surface area contributed by atoms with E-state index in [4.69, 9.17) is 14.2 Å². The SMILES string of the molecule is C=CC(=O)OCCCOc1ccc(C(=O)Oc2ccccc2C)cc1. The molecule has 0 N–H and O–H groups in total. The van der Waals surface area contributed by atoms with Gasteiger partial charge in [-0.2, -0.15) is 0 Å². The first kappa shape index (κ1) is 18.3. The molecule has 0 amide bonds. The zero-order valence-corrected chi connectivity index (χ0v) is 14.1. The molecule has 0 aliphatic carbocycles. The quantitative estimate of drug-likeness (QED) is 0.317. The lowest BCUT2D eigenvalue weighted by Crippen LogP contribution is -2.09. The fraction of sp³-hybridized carbons (Fsp3) is 0.200. The topological polar surface area (TPSA) is 61.8 Å². The summed E-state index contributed by atoms with van der Waals surface area (Å²) in [4.78, 5) is 23.0. The van der Waals surface area contributed by atoms with Crippen molar-refractivity contribution >= 4 is 11.9 Å². The number of aryl methyl sites for hydroxylation is 1. The molecular formula is C20H20O5. The predicted molar refractivity (Wildman–Crippen MR) is 93.8 cm³/mol. The average Bonchev–Trinajstić information content (AvgIpc) is 2.63. The largest absolute Gasteiger partial charge is 0.493 e. The third-order valence-electron chi connectivity index (χ3n) is 3.35. The van der Waals surface area contributed by atoms with Crippen LogP contribution in [0.3, 0.4) is 0 Å². The van der Waals surface area contributed by atoms with Gasteiger partial charge in [-0.1, -0.05) is 24.8 Å². The van der Waals surface area contributed by atoms with E-state index >= 15 is 0 Å². The van der Waals surface area contributed by atoms with E-state index in [0.717, 1.165) is 11.6 Å². The number of hydrogen-bond acceptors (Lipinski definition) is 5. The lowest BCUT2D eigenvalue weighted by Gasteiger charge is -2.09. The van der Waals surface area contributed by atoms with Gasteiger partial charge in [-0.25, -0.2) is 9.59 Å². The molecule has 25 heavy (non-hydrogen) atoms. The first-order chi connectivity index (χ1) is 12.1. The van der Waals surface area contributed by atoms with E-state index in [-0.39, 0.29) is 6.61 Å². The fourth-order valence-corrected chi connectivity index (χ4v) is 2.00. The first-order valence-electron chi connectivity index (χ1n) is 7.90. The Morgan fingerprint density at radius 3 is 2.44 bits per heavy atom. The van der Waals surface area contributed by atoms with Crippen LogP contribution in [0.1, 0.15) is 22.3 Å². The Hall–Kier alpha value is -3.08. The van der Waals surface area contributed by atoms with Gasteiger partial charge in [0, 0.05) is 12.5 Å². The molecular weight excluding hydrogens is 320 g/mol. The fourth-order valence-electron chi connectivity index (χ4n) is 2.00. The molecule has 0 aliphatic rings. The van der Waals surface area contributed by atoms with Gasteiger partial charge >= 0.3 is 11.9 Å². The van der Waals surface area contributed by atoms with Crippen molar-refractivity contribution in [2.24, 2.45) is 0 Å². The summed E-state index contributed by atoms with van der Waals surface area (Å²) in [7, 11) is 0. The highest BCUT2D eigenvalue weighted by atomic mass is 16.5. The van der Waals surface area contributed by atoms with Crippen LogP contribution in [0.2, 0.25) is 0 Å². The molecule has 0 bridgehead atoms. The predicted octanol–water partition coefficient (Wildman–Crippen LogP) is 3.71. The van der Waals surface area contributed by atoms with E-state index in [1.165, 1.54) is 0 Å². The van der Waals surface area contributed by atoms with Crippen molar-refractivity contribution in [3.63, 3.8) is 0 Å². The van der Waals surface area contributed by atoms with Gasteiger partial charge in [0.25, 0.3) is 0 Å². The second-order valence-electron chi connectivity index (χ2n) is 5.25.